The van der Waals surface area contributed by atoms with E-state index in [1.165, 1.54) is 0 Å². The Morgan fingerprint density at radius 1 is 1.50 bits per heavy atom. The van der Waals surface area contributed by atoms with Gasteiger partial charge in [-0.3, -0.25) is 0 Å². The molecule has 10 heavy (non-hydrogen) atoms. The molecule has 0 aliphatic rings. The van der Waals surface area contributed by atoms with Crippen molar-refractivity contribution in [3.63, 3.8) is 0 Å². The van der Waals surface area contributed by atoms with Crippen LogP contribution in [0.3, 0.4) is 0 Å². The van der Waals surface area contributed by atoms with Crippen molar-refractivity contribution in [2.24, 2.45) is 11.1 Å². The standard InChI is InChI=1S/C9H17N/c1-5-7-8(10)9(3,4)6-2/h5-6,8H,1-2,7,10H2,3-4H3/t8-/m0/s1. The highest BCUT2D eigenvalue weighted by Crippen LogP contribution is 2.22. The van der Waals surface area contributed by atoms with Gasteiger partial charge in [0.15, 0.2) is 0 Å². The SMILES string of the molecule is C=CC[C@H](N)C(C)(C)C=C. The van der Waals surface area contributed by atoms with Gasteiger partial charge in [-0.2, -0.15) is 0 Å². The van der Waals surface area contributed by atoms with E-state index < -0.39 is 0 Å². The monoisotopic (exact) mass is 139 g/mol. The van der Waals surface area contributed by atoms with Gasteiger partial charge in [0.05, 0.1) is 0 Å². The molecule has 2 N–H and O–H groups in total. The fourth-order valence-electron chi connectivity index (χ4n) is 0.635. The Hall–Kier alpha value is -0.560. The van der Waals surface area contributed by atoms with Gasteiger partial charge in [-0.1, -0.05) is 26.0 Å². The van der Waals surface area contributed by atoms with Crippen LogP contribution in [0.5, 0.6) is 0 Å². The number of hydrogen-bond donors (Lipinski definition) is 1. The van der Waals surface area contributed by atoms with Crippen LogP contribution < -0.4 is 5.73 Å². The molecular weight excluding hydrogens is 122 g/mol. The van der Waals surface area contributed by atoms with Crippen LogP contribution >= 0.6 is 0 Å². The average molecular weight is 139 g/mol. The smallest absolute Gasteiger partial charge is 0.0160 e. The predicted molar refractivity (Wildman–Crippen MR) is 46.8 cm³/mol. The molecule has 0 aromatic carbocycles. The van der Waals surface area contributed by atoms with Crippen LogP contribution in [0.1, 0.15) is 20.3 Å². The van der Waals surface area contributed by atoms with Crippen LogP contribution in [-0.4, -0.2) is 6.04 Å². The van der Waals surface area contributed by atoms with Crippen LogP contribution in [-0.2, 0) is 0 Å². The Bertz CT molecular complexity index is 125. The fourth-order valence-corrected chi connectivity index (χ4v) is 0.635. The van der Waals surface area contributed by atoms with Crippen molar-refractivity contribution in [3.8, 4) is 0 Å². The second-order valence-electron chi connectivity index (χ2n) is 3.16. The largest absolute Gasteiger partial charge is 0.327 e. The summed E-state index contributed by atoms with van der Waals surface area (Å²) in [4.78, 5) is 0. The average Bonchev–Trinajstić information content (AvgIpc) is 1.89. The zero-order valence-electron chi connectivity index (χ0n) is 6.93. The Kier molecular flexibility index (Phi) is 3.37. The highest BCUT2D eigenvalue weighted by atomic mass is 14.7. The fraction of sp³-hybridized carbons (Fsp3) is 0.556. The van der Waals surface area contributed by atoms with E-state index in [1.807, 2.05) is 12.2 Å². The molecule has 0 aromatic rings. The van der Waals surface area contributed by atoms with Gasteiger partial charge in [0.25, 0.3) is 0 Å². The van der Waals surface area contributed by atoms with Gasteiger partial charge in [0.2, 0.25) is 0 Å². The molecule has 0 spiro atoms. The van der Waals surface area contributed by atoms with E-state index >= 15 is 0 Å². The summed E-state index contributed by atoms with van der Waals surface area (Å²) in [5.41, 5.74) is 5.85. The van der Waals surface area contributed by atoms with E-state index in [1.54, 1.807) is 0 Å². The normalized spacial score (nSPS) is 14.3. The zero-order valence-corrected chi connectivity index (χ0v) is 6.93. The van der Waals surface area contributed by atoms with Crippen molar-refractivity contribution in [3.05, 3.63) is 25.3 Å². The van der Waals surface area contributed by atoms with Crippen molar-refractivity contribution in [2.45, 2.75) is 26.3 Å². The second-order valence-corrected chi connectivity index (χ2v) is 3.16. The number of hydrogen-bond acceptors (Lipinski definition) is 1. The van der Waals surface area contributed by atoms with E-state index in [4.69, 9.17) is 5.73 Å². The van der Waals surface area contributed by atoms with Crippen molar-refractivity contribution < 1.29 is 0 Å². The molecule has 1 atom stereocenters. The molecule has 0 heterocycles. The lowest BCUT2D eigenvalue weighted by Crippen LogP contribution is -2.35. The summed E-state index contributed by atoms with van der Waals surface area (Å²) in [6.45, 7) is 11.5. The lowest BCUT2D eigenvalue weighted by molar-refractivity contribution is 0.374. The maximum Gasteiger partial charge on any atom is 0.0160 e. The molecule has 0 saturated carbocycles. The van der Waals surface area contributed by atoms with Gasteiger partial charge >= 0.3 is 0 Å². The van der Waals surface area contributed by atoms with Crippen molar-refractivity contribution >= 4 is 0 Å². The van der Waals surface area contributed by atoms with E-state index in [9.17, 15) is 0 Å². The van der Waals surface area contributed by atoms with E-state index in [0.29, 0.717) is 0 Å². The molecule has 0 saturated heterocycles. The van der Waals surface area contributed by atoms with Crippen molar-refractivity contribution in [1.82, 2.24) is 0 Å². The predicted octanol–water partition coefficient (Wildman–Crippen LogP) is 2.10. The Morgan fingerprint density at radius 3 is 2.30 bits per heavy atom. The van der Waals surface area contributed by atoms with Crippen molar-refractivity contribution in [2.75, 3.05) is 0 Å². The minimum Gasteiger partial charge on any atom is -0.327 e. The number of rotatable bonds is 4. The maximum absolute atomic E-state index is 5.83. The summed E-state index contributed by atoms with van der Waals surface area (Å²) >= 11 is 0. The topological polar surface area (TPSA) is 26.0 Å². The summed E-state index contributed by atoms with van der Waals surface area (Å²) in [6.07, 6.45) is 4.58. The first-order chi connectivity index (χ1) is 4.54. The van der Waals surface area contributed by atoms with Gasteiger partial charge in [-0.05, 0) is 11.8 Å². The third-order valence-electron chi connectivity index (χ3n) is 1.90. The zero-order chi connectivity index (χ0) is 8.20. The van der Waals surface area contributed by atoms with Gasteiger partial charge in [0, 0.05) is 6.04 Å². The molecule has 0 aliphatic heterocycles. The highest BCUT2D eigenvalue weighted by Gasteiger charge is 2.20. The van der Waals surface area contributed by atoms with Gasteiger partial charge in [-0.25, -0.2) is 0 Å². The van der Waals surface area contributed by atoms with E-state index in [2.05, 4.69) is 27.0 Å². The van der Waals surface area contributed by atoms with E-state index in [-0.39, 0.29) is 11.5 Å². The summed E-state index contributed by atoms with van der Waals surface area (Å²) in [5.74, 6) is 0. The maximum atomic E-state index is 5.83. The first-order valence-corrected chi connectivity index (χ1v) is 3.54. The molecule has 0 aromatic heterocycles. The molecule has 0 unspecified atom stereocenters. The summed E-state index contributed by atoms with van der Waals surface area (Å²) < 4.78 is 0. The molecule has 0 fully saturated rings. The van der Waals surface area contributed by atoms with Gasteiger partial charge < -0.3 is 5.73 Å². The molecule has 0 aliphatic carbocycles. The van der Waals surface area contributed by atoms with Crippen molar-refractivity contribution in [1.29, 1.82) is 0 Å². The second kappa shape index (κ2) is 3.57. The number of nitrogens with two attached hydrogens (primary N) is 1. The van der Waals surface area contributed by atoms with Gasteiger partial charge in [0.1, 0.15) is 0 Å². The minimum atomic E-state index is 0.0220. The molecular formula is C9H17N. The molecule has 58 valence electrons. The Balaban J connectivity index is 4.02. The quantitative estimate of drug-likeness (QED) is 0.593. The van der Waals surface area contributed by atoms with Crippen LogP contribution in [0.25, 0.3) is 0 Å². The third kappa shape index (κ3) is 2.36. The summed E-state index contributed by atoms with van der Waals surface area (Å²) in [5, 5.41) is 0. The Labute approximate surface area is 63.6 Å². The van der Waals surface area contributed by atoms with Crippen LogP contribution in [0, 0.1) is 5.41 Å². The summed E-state index contributed by atoms with van der Waals surface area (Å²) in [6, 6.07) is 0.141. The molecule has 1 heteroatoms. The molecule has 1 nitrogen and oxygen atoms in total. The highest BCUT2D eigenvalue weighted by molar-refractivity contribution is 4.97. The minimum absolute atomic E-state index is 0.0220. The molecule has 0 amide bonds. The Morgan fingerprint density at radius 2 is 2.00 bits per heavy atom. The lowest BCUT2D eigenvalue weighted by atomic mass is 9.83. The first kappa shape index (κ1) is 9.44. The van der Waals surface area contributed by atoms with E-state index in [0.717, 1.165) is 6.42 Å². The first-order valence-electron chi connectivity index (χ1n) is 3.54. The van der Waals surface area contributed by atoms with Gasteiger partial charge in [-0.15, -0.1) is 13.2 Å². The van der Waals surface area contributed by atoms with Crippen LogP contribution in [0.2, 0.25) is 0 Å². The summed E-state index contributed by atoms with van der Waals surface area (Å²) in [7, 11) is 0. The molecule has 0 radical (unpaired) electrons. The molecule has 0 rings (SSSR count). The lowest BCUT2D eigenvalue weighted by Gasteiger charge is -2.26. The van der Waals surface area contributed by atoms with Crippen LogP contribution in [0.15, 0.2) is 25.3 Å². The third-order valence-corrected chi connectivity index (χ3v) is 1.90. The van der Waals surface area contributed by atoms with Crippen LogP contribution in [0.4, 0.5) is 0 Å². The molecule has 0 bridgehead atoms.